The van der Waals surface area contributed by atoms with Gasteiger partial charge in [0.2, 0.25) is 0 Å². The Bertz CT molecular complexity index is 615. The van der Waals surface area contributed by atoms with E-state index >= 15 is 0 Å². The van der Waals surface area contributed by atoms with Gasteiger partial charge in [0.05, 0.1) is 12.0 Å². The number of carbonyl (C=O) groups excluding carboxylic acids is 2. The first-order valence-corrected chi connectivity index (χ1v) is 8.39. The van der Waals surface area contributed by atoms with E-state index in [-0.39, 0.29) is 29.9 Å². The topological polar surface area (TPSA) is 107 Å². The number of Topliss-reactive ketones (excluding diaryl/α,β-unsaturated/α-hetero) is 1. The van der Waals surface area contributed by atoms with Crippen LogP contribution in [0, 0.1) is 10.1 Å². The Morgan fingerprint density at radius 2 is 1.92 bits per heavy atom. The van der Waals surface area contributed by atoms with E-state index < -0.39 is 22.9 Å². The first-order valence-electron chi connectivity index (χ1n) is 8.39. The van der Waals surface area contributed by atoms with Crippen LogP contribution in [0.3, 0.4) is 0 Å². The monoisotopic (exact) mass is 351 g/mol. The molecule has 25 heavy (non-hydrogen) atoms. The summed E-state index contributed by atoms with van der Waals surface area (Å²) >= 11 is 0. The number of hydrogen-bond acceptors (Lipinski definition) is 6. The first-order chi connectivity index (χ1) is 11.8. The average Bonchev–Trinajstić information content (AvgIpc) is 2.58. The zero-order valence-corrected chi connectivity index (χ0v) is 14.7. The van der Waals surface area contributed by atoms with Gasteiger partial charge in [-0.1, -0.05) is 44.4 Å². The third-order valence-electron chi connectivity index (χ3n) is 4.04. The molecule has 1 atom stereocenters. The molecule has 0 bridgehead atoms. The Kier molecular flexibility index (Phi) is 8.21. The molecule has 1 aromatic rings. The number of nitro groups is 1. The minimum absolute atomic E-state index is 0.180. The minimum atomic E-state index is -2.11. The summed E-state index contributed by atoms with van der Waals surface area (Å²) in [6.07, 6.45) is 3.15. The van der Waals surface area contributed by atoms with Gasteiger partial charge >= 0.3 is 5.97 Å². The fraction of sp³-hybridized carbons (Fsp3) is 0.556. The van der Waals surface area contributed by atoms with Crippen molar-refractivity contribution < 1.29 is 24.4 Å². The van der Waals surface area contributed by atoms with Crippen molar-refractivity contribution in [1.29, 1.82) is 0 Å². The van der Waals surface area contributed by atoms with Gasteiger partial charge < -0.3 is 9.84 Å². The fourth-order valence-corrected chi connectivity index (χ4v) is 2.71. The van der Waals surface area contributed by atoms with E-state index in [2.05, 4.69) is 11.7 Å². The molecule has 0 saturated heterocycles. The minimum Gasteiger partial charge on any atom is -0.467 e. The van der Waals surface area contributed by atoms with Gasteiger partial charge in [0, 0.05) is 30.9 Å². The van der Waals surface area contributed by atoms with E-state index in [1.54, 1.807) is 6.07 Å². The van der Waals surface area contributed by atoms with Crippen LogP contribution in [0.5, 0.6) is 0 Å². The Labute approximate surface area is 147 Å². The predicted octanol–water partition coefficient (Wildman–Crippen LogP) is 2.97. The third-order valence-corrected chi connectivity index (χ3v) is 4.04. The molecule has 0 aliphatic carbocycles. The molecule has 0 aliphatic rings. The van der Waals surface area contributed by atoms with Crippen LogP contribution in [0.15, 0.2) is 24.3 Å². The summed E-state index contributed by atoms with van der Waals surface area (Å²) in [5, 5.41) is 21.8. The number of rotatable bonds is 11. The van der Waals surface area contributed by atoms with Gasteiger partial charge in [-0.05, 0) is 6.42 Å². The van der Waals surface area contributed by atoms with Crippen molar-refractivity contribution >= 4 is 17.4 Å². The van der Waals surface area contributed by atoms with E-state index in [1.807, 2.05) is 0 Å². The van der Waals surface area contributed by atoms with Crippen molar-refractivity contribution in [3.63, 3.8) is 0 Å². The molecule has 138 valence electrons. The molecule has 0 amide bonds. The summed E-state index contributed by atoms with van der Waals surface area (Å²) < 4.78 is 4.62. The number of unbranched alkanes of at least 4 members (excludes halogenated alkanes) is 3. The highest BCUT2D eigenvalue weighted by molar-refractivity contribution is 5.89. The average molecular weight is 351 g/mol. The van der Waals surface area contributed by atoms with Crippen molar-refractivity contribution in [3.8, 4) is 0 Å². The number of hydrogen-bond donors (Lipinski definition) is 1. The van der Waals surface area contributed by atoms with Crippen molar-refractivity contribution in [1.82, 2.24) is 0 Å². The lowest BCUT2D eigenvalue weighted by molar-refractivity contribution is -0.385. The van der Waals surface area contributed by atoms with Gasteiger partial charge in [-0.25, -0.2) is 4.79 Å². The molecule has 1 aromatic carbocycles. The molecule has 1 N–H and O–H groups in total. The quantitative estimate of drug-likeness (QED) is 0.284. The Morgan fingerprint density at radius 3 is 2.52 bits per heavy atom. The lowest BCUT2D eigenvalue weighted by Gasteiger charge is -2.24. The predicted molar refractivity (Wildman–Crippen MR) is 92.1 cm³/mol. The third kappa shape index (κ3) is 6.26. The fourth-order valence-electron chi connectivity index (χ4n) is 2.71. The number of aliphatic hydroxyl groups is 1. The smallest absolute Gasteiger partial charge is 0.338 e. The van der Waals surface area contributed by atoms with Crippen LogP contribution in [-0.4, -0.2) is 34.5 Å². The van der Waals surface area contributed by atoms with E-state index in [9.17, 15) is 24.8 Å². The number of ether oxygens (including phenoxy) is 1. The van der Waals surface area contributed by atoms with Crippen LogP contribution >= 0.6 is 0 Å². The Morgan fingerprint density at radius 1 is 1.24 bits per heavy atom. The Hall–Kier alpha value is -2.28. The number of benzene rings is 1. The second-order valence-corrected chi connectivity index (χ2v) is 6.11. The van der Waals surface area contributed by atoms with Crippen LogP contribution in [0.1, 0.15) is 51.0 Å². The second-order valence-electron chi connectivity index (χ2n) is 6.11. The van der Waals surface area contributed by atoms with Crippen LogP contribution in [0.25, 0.3) is 0 Å². The summed E-state index contributed by atoms with van der Waals surface area (Å²) in [6, 6.07) is 5.82. The van der Waals surface area contributed by atoms with Crippen molar-refractivity contribution in [3.05, 3.63) is 39.9 Å². The number of para-hydroxylation sites is 1. The number of ketones is 1. The van der Waals surface area contributed by atoms with Gasteiger partial charge in [-0.2, -0.15) is 0 Å². The molecule has 0 aromatic heterocycles. The normalized spacial score (nSPS) is 13.1. The first kappa shape index (κ1) is 20.8. The summed E-state index contributed by atoms with van der Waals surface area (Å²) in [6.45, 7) is 2.06. The lowest BCUT2D eigenvalue weighted by Crippen LogP contribution is -2.44. The molecule has 7 heteroatoms. The Balaban J connectivity index is 2.91. The number of carbonyl (C=O) groups is 2. The number of esters is 1. The zero-order valence-electron chi connectivity index (χ0n) is 14.7. The van der Waals surface area contributed by atoms with Gasteiger partial charge in [0.1, 0.15) is 5.78 Å². The molecule has 0 radical (unpaired) electrons. The van der Waals surface area contributed by atoms with Crippen molar-refractivity contribution in [2.45, 2.75) is 57.5 Å². The zero-order chi connectivity index (χ0) is 18.9. The number of nitro benzene ring substituents is 1. The van der Waals surface area contributed by atoms with E-state index in [1.165, 1.54) is 18.2 Å². The van der Waals surface area contributed by atoms with Gasteiger partial charge in [-0.15, -0.1) is 0 Å². The maximum atomic E-state index is 12.1. The maximum absolute atomic E-state index is 12.1. The summed E-state index contributed by atoms with van der Waals surface area (Å²) in [7, 11) is 1.11. The van der Waals surface area contributed by atoms with Crippen molar-refractivity contribution in [2.75, 3.05) is 7.11 Å². The highest BCUT2D eigenvalue weighted by Gasteiger charge is 2.40. The summed E-state index contributed by atoms with van der Waals surface area (Å²) in [5.74, 6) is -1.23. The van der Waals surface area contributed by atoms with E-state index in [4.69, 9.17) is 0 Å². The molecule has 0 fully saturated rings. The molecule has 0 spiro atoms. The molecular weight excluding hydrogens is 326 g/mol. The lowest BCUT2D eigenvalue weighted by atomic mass is 9.87. The SMILES string of the molecule is CCCCCCC(=O)C[C@](O)(Cc1ccccc1[N+](=O)[O-])C(=O)OC. The van der Waals surface area contributed by atoms with Crippen LogP contribution in [-0.2, 0) is 20.7 Å². The van der Waals surface area contributed by atoms with Crippen LogP contribution < -0.4 is 0 Å². The van der Waals surface area contributed by atoms with E-state index in [0.717, 1.165) is 26.4 Å². The second kappa shape index (κ2) is 9.88. The van der Waals surface area contributed by atoms with Crippen LogP contribution in [0.2, 0.25) is 0 Å². The largest absolute Gasteiger partial charge is 0.467 e. The molecule has 0 saturated carbocycles. The van der Waals surface area contributed by atoms with Gasteiger partial charge in [-0.3, -0.25) is 14.9 Å². The molecule has 0 unspecified atom stereocenters. The van der Waals surface area contributed by atoms with Crippen molar-refractivity contribution in [2.24, 2.45) is 0 Å². The molecule has 0 aliphatic heterocycles. The summed E-state index contributed by atoms with van der Waals surface area (Å²) in [4.78, 5) is 34.7. The highest BCUT2D eigenvalue weighted by Crippen LogP contribution is 2.27. The maximum Gasteiger partial charge on any atom is 0.338 e. The number of nitrogens with zero attached hydrogens (tertiary/aromatic N) is 1. The molecule has 7 nitrogen and oxygen atoms in total. The summed E-state index contributed by atoms with van der Waals surface area (Å²) in [5.41, 5.74) is -2.14. The molecular formula is C18H25NO6. The van der Waals surface area contributed by atoms with Gasteiger partial charge in [0.15, 0.2) is 5.60 Å². The van der Waals surface area contributed by atoms with E-state index in [0.29, 0.717) is 6.42 Å². The van der Waals surface area contributed by atoms with Crippen LogP contribution in [0.4, 0.5) is 5.69 Å². The van der Waals surface area contributed by atoms with Gasteiger partial charge in [0.25, 0.3) is 5.69 Å². The number of methoxy groups -OCH3 is 1. The molecule has 0 heterocycles. The highest BCUT2D eigenvalue weighted by atomic mass is 16.6. The standard InChI is InChI=1S/C18H25NO6/c1-3-4-5-6-10-15(20)13-18(22,17(21)25-2)12-14-9-7-8-11-16(14)19(23)24/h7-9,11,22H,3-6,10,12-13H2,1-2H3/t18-/m1/s1. The molecule has 1 rings (SSSR count).